The van der Waals surface area contributed by atoms with E-state index in [-0.39, 0.29) is 5.91 Å². The summed E-state index contributed by atoms with van der Waals surface area (Å²) in [5.74, 6) is 0.210. The molecule has 2 rings (SSSR count). The van der Waals surface area contributed by atoms with E-state index in [1.54, 1.807) is 18.2 Å². The summed E-state index contributed by atoms with van der Waals surface area (Å²) in [7, 11) is 1.51. The Balaban J connectivity index is 2.18. The lowest BCUT2D eigenvalue weighted by atomic mass is 10.2. The van der Waals surface area contributed by atoms with Crippen LogP contribution in [0.2, 0.25) is 10.0 Å². The predicted molar refractivity (Wildman–Crippen MR) is 108 cm³/mol. The first-order chi connectivity index (χ1) is 10.9. The largest absolute Gasteiger partial charge is 0.495 e. The molecule has 1 amide bonds. The molecule has 0 fully saturated rings. The molecular formula is C16H11BrCl2INO2. The van der Waals surface area contributed by atoms with E-state index in [4.69, 9.17) is 27.9 Å². The van der Waals surface area contributed by atoms with Crippen molar-refractivity contribution >= 4 is 79.4 Å². The number of halogens is 4. The molecule has 23 heavy (non-hydrogen) atoms. The molecule has 0 unspecified atom stereocenters. The zero-order valence-corrected chi connectivity index (χ0v) is 17.1. The van der Waals surface area contributed by atoms with E-state index in [0.717, 1.165) is 13.7 Å². The van der Waals surface area contributed by atoms with Gasteiger partial charge in [0.15, 0.2) is 0 Å². The maximum Gasteiger partial charge on any atom is 0.248 e. The van der Waals surface area contributed by atoms with E-state index < -0.39 is 0 Å². The van der Waals surface area contributed by atoms with Gasteiger partial charge in [-0.05, 0) is 59.0 Å². The molecule has 0 atom stereocenters. The number of amides is 1. The van der Waals surface area contributed by atoms with Gasteiger partial charge in [-0.1, -0.05) is 39.1 Å². The van der Waals surface area contributed by atoms with Gasteiger partial charge in [-0.25, -0.2) is 0 Å². The van der Waals surface area contributed by atoms with Gasteiger partial charge in [0.1, 0.15) is 5.75 Å². The quantitative estimate of drug-likeness (QED) is 0.391. The van der Waals surface area contributed by atoms with Crippen LogP contribution >= 0.6 is 61.7 Å². The van der Waals surface area contributed by atoms with Crippen molar-refractivity contribution in [3.63, 3.8) is 0 Å². The minimum Gasteiger partial charge on any atom is -0.495 e. The molecule has 0 bridgehead atoms. The van der Waals surface area contributed by atoms with Crippen LogP contribution in [-0.2, 0) is 4.79 Å². The maximum atomic E-state index is 12.1. The first kappa shape index (κ1) is 18.6. The molecule has 0 spiro atoms. The van der Waals surface area contributed by atoms with E-state index in [9.17, 15) is 4.79 Å². The molecule has 0 aliphatic rings. The molecule has 0 aliphatic carbocycles. The van der Waals surface area contributed by atoms with Gasteiger partial charge in [-0.2, -0.15) is 0 Å². The molecule has 0 aromatic heterocycles. The molecule has 3 nitrogen and oxygen atoms in total. The highest BCUT2D eigenvalue weighted by molar-refractivity contribution is 14.1. The molecule has 1 N–H and O–H groups in total. The van der Waals surface area contributed by atoms with Crippen molar-refractivity contribution in [2.24, 2.45) is 0 Å². The van der Waals surface area contributed by atoms with Crippen LogP contribution in [0.1, 0.15) is 5.56 Å². The number of methoxy groups -OCH3 is 1. The molecule has 0 radical (unpaired) electrons. The number of carbonyl (C=O) groups is 1. The van der Waals surface area contributed by atoms with Crippen LogP contribution in [0.3, 0.4) is 0 Å². The van der Waals surface area contributed by atoms with E-state index >= 15 is 0 Å². The topological polar surface area (TPSA) is 38.3 Å². The Bertz CT molecular complexity index is 781. The molecular weight excluding hydrogens is 516 g/mol. The molecule has 7 heteroatoms. The van der Waals surface area contributed by atoms with Crippen molar-refractivity contribution in [2.45, 2.75) is 0 Å². The summed E-state index contributed by atoms with van der Waals surface area (Å²) < 4.78 is 7.12. The minimum absolute atomic E-state index is 0.261. The number of carbonyl (C=O) groups excluding carboxylic acids is 1. The van der Waals surface area contributed by atoms with Crippen LogP contribution < -0.4 is 10.1 Å². The average Bonchev–Trinajstić information content (AvgIpc) is 2.47. The summed E-state index contributed by atoms with van der Waals surface area (Å²) in [5.41, 5.74) is 1.37. The Hall–Kier alpha value is -0.760. The Morgan fingerprint density at radius 1 is 1.30 bits per heavy atom. The number of hydrogen-bond donors (Lipinski definition) is 1. The van der Waals surface area contributed by atoms with Crippen molar-refractivity contribution in [3.05, 3.63) is 60.1 Å². The number of ether oxygens (including phenoxy) is 1. The number of benzene rings is 2. The van der Waals surface area contributed by atoms with Gasteiger partial charge in [0.05, 0.1) is 17.8 Å². The highest BCUT2D eigenvalue weighted by Gasteiger charge is 2.08. The number of hydrogen-bond acceptors (Lipinski definition) is 2. The zero-order valence-electron chi connectivity index (χ0n) is 11.9. The van der Waals surface area contributed by atoms with E-state index in [1.165, 1.54) is 13.2 Å². The monoisotopic (exact) mass is 525 g/mol. The summed E-state index contributed by atoms with van der Waals surface area (Å²) >= 11 is 17.6. The fraction of sp³-hybridized carbons (Fsp3) is 0.0625. The third-order valence-electron chi connectivity index (χ3n) is 2.84. The Morgan fingerprint density at radius 2 is 2.04 bits per heavy atom. The van der Waals surface area contributed by atoms with Gasteiger partial charge in [0, 0.05) is 24.7 Å². The second-order valence-corrected chi connectivity index (χ2v) is 7.38. The predicted octanol–water partition coefficient (Wildman–Crippen LogP) is 6.02. The fourth-order valence-electron chi connectivity index (χ4n) is 1.85. The van der Waals surface area contributed by atoms with Crippen LogP contribution in [0.5, 0.6) is 5.75 Å². The van der Waals surface area contributed by atoms with E-state index in [1.807, 2.05) is 18.2 Å². The second-order valence-electron chi connectivity index (χ2n) is 4.46. The minimum atomic E-state index is -0.261. The average molecular weight is 527 g/mol. The van der Waals surface area contributed by atoms with Crippen LogP contribution in [-0.4, -0.2) is 13.0 Å². The van der Waals surface area contributed by atoms with Crippen LogP contribution in [0.4, 0.5) is 5.69 Å². The molecule has 0 aliphatic heterocycles. The van der Waals surface area contributed by atoms with Gasteiger partial charge in [0.25, 0.3) is 0 Å². The van der Waals surface area contributed by atoms with Crippen molar-refractivity contribution in [3.8, 4) is 5.75 Å². The van der Waals surface area contributed by atoms with Crippen LogP contribution in [0.25, 0.3) is 6.08 Å². The number of anilines is 1. The lowest BCUT2D eigenvalue weighted by molar-refractivity contribution is -0.111. The van der Waals surface area contributed by atoms with Gasteiger partial charge in [-0.3, -0.25) is 4.79 Å². The highest BCUT2D eigenvalue weighted by Crippen LogP contribution is 2.33. The molecule has 0 heterocycles. The number of rotatable bonds is 4. The van der Waals surface area contributed by atoms with Gasteiger partial charge in [0.2, 0.25) is 5.91 Å². The van der Waals surface area contributed by atoms with Crippen LogP contribution in [0.15, 0.2) is 40.9 Å². The Morgan fingerprint density at radius 3 is 2.70 bits per heavy atom. The van der Waals surface area contributed by atoms with Crippen molar-refractivity contribution < 1.29 is 9.53 Å². The SMILES string of the molecule is COc1c(Cl)cc(Cl)cc1/C=C/C(=O)Nc1ccc(Br)cc1I. The van der Waals surface area contributed by atoms with Crippen molar-refractivity contribution in [1.82, 2.24) is 0 Å². The van der Waals surface area contributed by atoms with E-state index in [0.29, 0.717) is 21.4 Å². The molecule has 0 saturated carbocycles. The summed E-state index contributed by atoms with van der Waals surface area (Å²) in [5, 5.41) is 3.68. The Kier molecular flexibility index (Phi) is 6.76. The summed E-state index contributed by atoms with van der Waals surface area (Å²) in [6.07, 6.45) is 3.01. The molecule has 0 saturated heterocycles. The first-order valence-corrected chi connectivity index (χ1v) is 9.00. The van der Waals surface area contributed by atoms with Crippen LogP contribution in [0, 0.1) is 3.57 Å². The van der Waals surface area contributed by atoms with Gasteiger partial charge in [-0.15, -0.1) is 0 Å². The lowest BCUT2D eigenvalue weighted by Gasteiger charge is -2.08. The molecule has 2 aromatic carbocycles. The smallest absolute Gasteiger partial charge is 0.248 e. The standard InChI is InChI=1S/C16H11BrCl2INO2/c1-23-16-9(6-11(18)8-12(16)19)2-5-15(22)21-14-4-3-10(17)7-13(14)20/h2-8H,1H3,(H,21,22)/b5-2+. The molecule has 120 valence electrons. The summed E-state index contributed by atoms with van der Waals surface area (Å²) in [6.45, 7) is 0. The van der Waals surface area contributed by atoms with Gasteiger partial charge >= 0.3 is 0 Å². The second kappa shape index (κ2) is 8.37. The molecule has 2 aromatic rings. The third-order valence-corrected chi connectivity index (χ3v) is 4.73. The Labute approximate surface area is 166 Å². The number of nitrogens with one attached hydrogen (secondary N) is 1. The normalized spacial score (nSPS) is 10.8. The fourth-order valence-corrected chi connectivity index (χ4v) is 3.88. The highest BCUT2D eigenvalue weighted by atomic mass is 127. The van der Waals surface area contributed by atoms with Crippen molar-refractivity contribution in [1.29, 1.82) is 0 Å². The maximum absolute atomic E-state index is 12.1. The van der Waals surface area contributed by atoms with Gasteiger partial charge < -0.3 is 10.1 Å². The zero-order chi connectivity index (χ0) is 17.0. The summed E-state index contributed by atoms with van der Waals surface area (Å²) in [6, 6.07) is 8.87. The van der Waals surface area contributed by atoms with Crippen molar-refractivity contribution in [2.75, 3.05) is 12.4 Å². The third kappa shape index (κ3) is 5.11. The first-order valence-electron chi connectivity index (χ1n) is 6.38. The summed E-state index contributed by atoms with van der Waals surface area (Å²) in [4.78, 5) is 12.1. The van der Waals surface area contributed by atoms with E-state index in [2.05, 4.69) is 43.8 Å². The lowest BCUT2D eigenvalue weighted by Crippen LogP contribution is -2.08.